The SMILES string of the molecule is CNC1C(Oc2ccc3c(c2)CCC3)CCC1(C)C. The number of rotatable bonds is 3. The standard InChI is InChI=1S/C17H25NO/c1-17(2)10-9-15(16(17)18-3)19-14-8-7-12-5-4-6-13(12)11-14/h7-8,11,15-16,18H,4-6,9-10H2,1-3H3. The maximum absolute atomic E-state index is 6.28. The second-order valence-corrected chi connectivity index (χ2v) is 6.73. The van der Waals surface area contributed by atoms with E-state index in [-0.39, 0.29) is 0 Å². The molecule has 0 heterocycles. The predicted molar refractivity (Wildman–Crippen MR) is 78.7 cm³/mol. The molecule has 1 saturated carbocycles. The minimum Gasteiger partial charge on any atom is -0.489 e. The van der Waals surface area contributed by atoms with E-state index >= 15 is 0 Å². The number of hydrogen-bond donors (Lipinski definition) is 1. The van der Waals surface area contributed by atoms with Crippen LogP contribution < -0.4 is 10.1 Å². The lowest BCUT2D eigenvalue weighted by molar-refractivity contribution is 0.146. The lowest BCUT2D eigenvalue weighted by atomic mass is 9.87. The van der Waals surface area contributed by atoms with Crippen molar-refractivity contribution in [2.45, 2.75) is 58.1 Å². The Morgan fingerprint density at radius 1 is 1.21 bits per heavy atom. The Hall–Kier alpha value is -1.02. The molecule has 2 nitrogen and oxygen atoms in total. The van der Waals surface area contributed by atoms with E-state index in [0.29, 0.717) is 17.6 Å². The molecule has 0 aromatic heterocycles. The first-order chi connectivity index (χ1) is 9.10. The Morgan fingerprint density at radius 2 is 2.00 bits per heavy atom. The van der Waals surface area contributed by atoms with Crippen LogP contribution >= 0.6 is 0 Å². The molecule has 0 spiro atoms. The van der Waals surface area contributed by atoms with Gasteiger partial charge in [0.15, 0.2) is 0 Å². The molecule has 2 aliphatic carbocycles. The van der Waals surface area contributed by atoms with Gasteiger partial charge in [0, 0.05) is 6.04 Å². The number of ether oxygens (including phenoxy) is 1. The van der Waals surface area contributed by atoms with Crippen LogP contribution in [-0.4, -0.2) is 19.2 Å². The van der Waals surface area contributed by atoms with E-state index in [9.17, 15) is 0 Å². The fourth-order valence-corrected chi connectivity index (χ4v) is 3.84. The molecule has 1 N–H and O–H groups in total. The topological polar surface area (TPSA) is 21.3 Å². The van der Waals surface area contributed by atoms with E-state index in [1.807, 2.05) is 0 Å². The van der Waals surface area contributed by atoms with Crippen molar-refractivity contribution in [3.8, 4) is 5.75 Å². The van der Waals surface area contributed by atoms with Gasteiger partial charge in [-0.2, -0.15) is 0 Å². The van der Waals surface area contributed by atoms with E-state index in [1.165, 1.54) is 36.8 Å². The van der Waals surface area contributed by atoms with Crippen LogP contribution in [0.2, 0.25) is 0 Å². The average molecular weight is 259 g/mol. The first kappa shape index (κ1) is 13.0. The summed E-state index contributed by atoms with van der Waals surface area (Å²) in [6.07, 6.45) is 6.45. The van der Waals surface area contributed by atoms with E-state index in [1.54, 1.807) is 0 Å². The molecule has 0 amide bonds. The maximum Gasteiger partial charge on any atom is 0.120 e. The third-order valence-electron chi connectivity index (χ3n) is 4.96. The molecule has 1 aromatic carbocycles. The number of hydrogen-bond acceptors (Lipinski definition) is 2. The lowest BCUT2D eigenvalue weighted by Crippen LogP contribution is -2.44. The van der Waals surface area contributed by atoms with Crippen molar-refractivity contribution in [3.63, 3.8) is 0 Å². The highest BCUT2D eigenvalue weighted by Gasteiger charge is 2.42. The van der Waals surface area contributed by atoms with Crippen LogP contribution in [0.5, 0.6) is 5.75 Å². The van der Waals surface area contributed by atoms with Gasteiger partial charge >= 0.3 is 0 Å². The molecule has 0 saturated heterocycles. The summed E-state index contributed by atoms with van der Waals surface area (Å²) < 4.78 is 6.28. The molecule has 0 aliphatic heterocycles. The van der Waals surface area contributed by atoms with Gasteiger partial charge < -0.3 is 10.1 Å². The van der Waals surface area contributed by atoms with Crippen molar-refractivity contribution < 1.29 is 4.74 Å². The Balaban J connectivity index is 1.75. The summed E-state index contributed by atoms with van der Waals surface area (Å²) in [5, 5.41) is 3.45. The molecule has 1 aromatic rings. The highest BCUT2D eigenvalue weighted by molar-refractivity contribution is 5.38. The Labute approximate surface area is 116 Å². The normalized spacial score (nSPS) is 28.4. The van der Waals surface area contributed by atoms with Crippen molar-refractivity contribution in [3.05, 3.63) is 29.3 Å². The Kier molecular flexibility index (Phi) is 3.30. The highest BCUT2D eigenvalue weighted by atomic mass is 16.5. The van der Waals surface area contributed by atoms with Gasteiger partial charge in [0.1, 0.15) is 11.9 Å². The largest absolute Gasteiger partial charge is 0.489 e. The summed E-state index contributed by atoms with van der Waals surface area (Å²) in [5.41, 5.74) is 3.34. The van der Waals surface area contributed by atoms with Crippen LogP contribution in [0.4, 0.5) is 0 Å². The number of nitrogens with one attached hydrogen (secondary N) is 1. The van der Waals surface area contributed by atoms with Gasteiger partial charge in [-0.25, -0.2) is 0 Å². The molecule has 1 fully saturated rings. The van der Waals surface area contributed by atoms with E-state index in [2.05, 4.69) is 44.4 Å². The summed E-state index contributed by atoms with van der Waals surface area (Å²) in [4.78, 5) is 0. The predicted octanol–water partition coefficient (Wildman–Crippen LogP) is 3.33. The third-order valence-corrected chi connectivity index (χ3v) is 4.96. The Bertz CT molecular complexity index is 466. The van der Waals surface area contributed by atoms with Gasteiger partial charge in [0.05, 0.1) is 0 Å². The van der Waals surface area contributed by atoms with Crippen molar-refractivity contribution >= 4 is 0 Å². The molecule has 2 heteroatoms. The first-order valence-electron chi connectivity index (χ1n) is 7.56. The average Bonchev–Trinajstić information content (AvgIpc) is 2.93. The number of likely N-dealkylation sites (N-methyl/N-ethyl adjacent to an activating group) is 1. The maximum atomic E-state index is 6.28. The van der Waals surface area contributed by atoms with Gasteiger partial charge in [-0.05, 0) is 67.8 Å². The zero-order valence-electron chi connectivity index (χ0n) is 12.3. The van der Waals surface area contributed by atoms with Crippen LogP contribution in [0.15, 0.2) is 18.2 Å². The van der Waals surface area contributed by atoms with Crippen LogP contribution in [0.3, 0.4) is 0 Å². The highest BCUT2D eigenvalue weighted by Crippen LogP contribution is 2.39. The molecule has 2 aliphatic rings. The van der Waals surface area contributed by atoms with Gasteiger partial charge in [-0.3, -0.25) is 0 Å². The molecule has 2 atom stereocenters. The fourth-order valence-electron chi connectivity index (χ4n) is 3.84. The van der Waals surface area contributed by atoms with Gasteiger partial charge in [-0.15, -0.1) is 0 Å². The quantitative estimate of drug-likeness (QED) is 0.899. The smallest absolute Gasteiger partial charge is 0.120 e. The van der Waals surface area contributed by atoms with Crippen LogP contribution in [0.1, 0.15) is 44.2 Å². The zero-order valence-corrected chi connectivity index (χ0v) is 12.3. The fraction of sp³-hybridized carbons (Fsp3) is 0.647. The summed E-state index contributed by atoms with van der Waals surface area (Å²) >= 11 is 0. The lowest BCUT2D eigenvalue weighted by Gasteiger charge is -2.30. The summed E-state index contributed by atoms with van der Waals surface area (Å²) in [7, 11) is 2.05. The van der Waals surface area contributed by atoms with Gasteiger partial charge in [-0.1, -0.05) is 19.9 Å². The molecule has 104 valence electrons. The second-order valence-electron chi connectivity index (χ2n) is 6.73. The monoisotopic (exact) mass is 259 g/mol. The van der Waals surface area contributed by atoms with E-state index in [4.69, 9.17) is 4.74 Å². The van der Waals surface area contributed by atoms with Crippen molar-refractivity contribution in [1.29, 1.82) is 0 Å². The molecular formula is C17H25NO. The van der Waals surface area contributed by atoms with Crippen molar-refractivity contribution in [2.75, 3.05) is 7.05 Å². The molecule has 3 rings (SSSR count). The molecule has 19 heavy (non-hydrogen) atoms. The van der Waals surface area contributed by atoms with Gasteiger partial charge in [0.2, 0.25) is 0 Å². The molecule has 2 unspecified atom stereocenters. The summed E-state index contributed by atoms with van der Waals surface area (Å²) in [6.45, 7) is 4.67. The zero-order chi connectivity index (χ0) is 13.5. The van der Waals surface area contributed by atoms with Crippen molar-refractivity contribution in [1.82, 2.24) is 5.32 Å². The Morgan fingerprint density at radius 3 is 2.79 bits per heavy atom. The van der Waals surface area contributed by atoms with E-state index < -0.39 is 0 Å². The first-order valence-corrected chi connectivity index (χ1v) is 7.56. The van der Waals surface area contributed by atoms with Gasteiger partial charge in [0.25, 0.3) is 0 Å². The van der Waals surface area contributed by atoms with Crippen molar-refractivity contribution in [2.24, 2.45) is 5.41 Å². The molecule has 0 bridgehead atoms. The second kappa shape index (κ2) is 4.82. The minimum atomic E-state index is 0.305. The number of fused-ring (bicyclic) bond motifs is 1. The van der Waals surface area contributed by atoms with Crippen LogP contribution in [0, 0.1) is 5.41 Å². The molecular weight excluding hydrogens is 234 g/mol. The third kappa shape index (κ3) is 2.38. The summed E-state index contributed by atoms with van der Waals surface area (Å²) in [6, 6.07) is 7.12. The number of benzene rings is 1. The van der Waals surface area contributed by atoms with Crippen LogP contribution in [0.25, 0.3) is 0 Å². The number of aryl methyl sites for hydroxylation is 2. The van der Waals surface area contributed by atoms with Crippen LogP contribution in [-0.2, 0) is 12.8 Å². The van der Waals surface area contributed by atoms with E-state index in [0.717, 1.165) is 12.2 Å². The summed E-state index contributed by atoms with van der Waals surface area (Å²) in [5.74, 6) is 1.06. The molecule has 0 radical (unpaired) electrons. The minimum absolute atomic E-state index is 0.305.